The van der Waals surface area contributed by atoms with Crippen molar-refractivity contribution in [2.45, 2.75) is 44.2 Å². The first-order chi connectivity index (χ1) is 14.2. The van der Waals surface area contributed by atoms with Crippen LogP contribution in [0.5, 0.6) is 0 Å². The third-order valence-corrected chi connectivity index (χ3v) is 8.11. The summed E-state index contributed by atoms with van der Waals surface area (Å²) in [7, 11) is -2.23. The molecule has 0 radical (unpaired) electrons. The van der Waals surface area contributed by atoms with Gasteiger partial charge in [0.25, 0.3) is 5.91 Å². The number of sulfonamides is 1. The molecule has 0 aliphatic carbocycles. The Hall–Kier alpha value is -1.32. The van der Waals surface area contributed by atoms with Gasteiger partial charge in [-0.05, 0) is 31.9 Å². The van der Waals surface area contributed by atoms with Crippen molar-refractivity contribution in [3.05, 3.63) is 44.7 Å². The van der Waals surface area contributed by atoms with E-state index in [0.717, 1.165) is 19.3 Å². The Morgan fingerprint density at radius 1 is 1.10 bits per heavy atom. The van der Waals surface area contributed by atoms with Gasteiger partial charge in [-0.2, -0.15) is 9.40 Å². The quantitative estimate of drug-likeness (QED) is 0.601. The monoisotopic (exact) mass is 492 g/mol. The van der Waals surface area contributed by atoms with Crippen molar-refractivity contribution in [2.75, 3.05) is 20.1 Å². The van der Waals surface area contributed by atoms with Gasteiger partial charge in [-0.1, -0.05) is 41.2 Å². The summed E-state index contributed by atoms with van der Waals surface area (Å²) in [6, 6.07) is 2.58. The first-order valence-corrected chi connectivity index (χ1v) is 12.2. The van der Waals surface area contributed by atoms with Crippen molar-refractivity contribution < 1.29 is 13.2 Å². The molecule has 0 bridgehead atoms. The number of carbonyl (C=O) groups is 1. The average molecular weight is 494 g/mol. The zero-order valence-corrected chi connectivity index (χ0v) is 19.8. The summed E-state index contributed by atoms with van der Waals surface area (Å²) >= 11 is 18.7. The SMILES string of the molecule is CCn1ncc(Cl)c1CN(C)C(=O)c1cc(S(=O)(=O)N2CCCCC2)c(Cl)cc1Cl. The van der Waals surface area contributed by atoms with Crippen LogP contribution in [0, 0.1) is 0 Å². The van der Waals surface area contributed by atoms with E-state index in [9.17, 15) is 13.2 Å². The predicted molar refractivity (Wildman–Crippen MR) is 118 cm³/mol. The molecule has 0 atom stereocenters. The van der Waals surface area contributed by atoms with Gasteiger partial charge in [0.15, 0.2) is 0 Å². The molecule has 3 rings (SSSR count). The molecule has 1 aromatic heterocycles. The molecule has 0 saturated carbocycles. The highest BCUT2D eigenvalue weighted by Crippen LogP contribution is 2.32. The summed E-state index contributed by atoms with van der Waals surface area (Å²) < 4.78 is 29.3. The van der Waals surface area contributed by atoms with Gasteiger partial charge in [0, 0.05) is 26.7 Å². The average Bonchev–Trinajstić information content (AvgIpc) is 3.07. The second-order valence-corrected chi connectivity index (χ2v) is 10.3. The van der Waals surface area contributed by atoms with Crippen molar-refractivity contribution in [1.29, 1.82) is 0 Å². The predicted octanol–water partition coefficient (Wildman–Crippen LogP) is 4.31. The fourth-order valence-corrected chi connectivity index (χ4v) is 6.00. The van der Waals surface area contributed by atoms with Gasteiger partial charge in [0.05, 0.1) is 39.1 Å². The molecule has 11 heteroatoms. The highest BCUT2D eigenvalue weighted by Gasteiger charge is 2.30. The Labute approximate surface area is 191 Å². The van der Waals surface area contributed by atoms with Gasteiger partial charge in [-0.3, -0.25) is 9.48 Å². The summed E-state index contributed by atoms with van der Waals surface area (Å²) in [5.74, 6) is -0.438. The molecule has 1 saturated heterocycles. The van der Waals surface area contributed by atoms with Crippen molar-refractivity contribution in [3.8, 4) is 0 Å². The molecule has 1 amide bonds. The van der Waals surface area contributed by atoms with E-state index in [1.165, 1.54) is 27.5 Å². The Morgan fingerprint density at radius 2 is 1.77 bits per heavy atom. The highest BCUT2D eigenvalue weighted by atomic mass is 35.5. The molecular formula is C19H23Cl3N4O3S. The molecule has 2 heterocycles. The molecule has 30 heavy (non-hydrogen) atoms. The summed E-state index contributed by atoms with van der Waals surface area (Å²) in [5, 5.41) is 4.70. The number of nitrogens with zero attached hydrogens (tertiary/aromatic N) is 4. The van der Waals surface area contributed by atoms with Crippen LogP contribution in [0.2, 0.25) is 15.1 Å². The number of piperidine rings is 1. The van der Waals surface area contributed by atoms with E-state index in [4.69, 9.17) is 34.8 Å². The number of benzene rings is 1. The maximum absolute atomic E-state index is 13.1. The number of aromatic nitrogens is 2. The highest BCUT2D eigenvalue weighted by molar-refractivity contribution is 7.89. The largest absolute Gasteiger partial charge is 0.336 e. The van der Waals surface area contributed by atoms with Crippen LogP contribution in [0.25, 0.3) is 0 Å². The van der Waals surface area contributed by atoms with E-state index >= 15 is 0 Å². The number of amides is 1. The van der Waals surface area contributed by atoms with E-state index in [-0.39, 0.29) is 27.0 Å². The minimum atomic E-state index is -3.82. The summed E-state index contributed by atoms with van der Waals surface area (Å²) in [6.07, 6.45) is 4.11. The third-order valence-electron chi connectivity index (χ3n) is 5.12. The van der Waals surface area contributed by atoms with Crippen molar-refractivity contribution >= 4 is 50.7 Å². The number of rotatable bonds is 6. The maximum atomic E-state index is 13.1. The van der Waals surface area contributed by atoms with Crippen LogP contribution >= 0.6 is 34.8 Å². The zero-order chi connectivity index (χ0) is 22.1. The van der Waals surface area contributed by atoms with Crippen LogP contribution in [0.1, 0.15) is 42.2 Å². The fraction of sp³-hybridized carbons (Fsp3) is 0.474. The molecule has 1 aromatic carbocycles. The topological polar surface area (TPSA) is 75.5 Å². The molecule has 1 fully saturated rings. The Bertz CT molecular complexity index is 1050. The lowest BCUT2D eigenvalue weighted by molar-refractivity contribution is 0.0781. The normalized spacial score (nSPS) is 15.4. The van der Waals surface area contributed by atoms with Gasteiger partial charge in [0.1, 0.15) is 4.90 Å². The van der Waals surface area contributed by atoms with Gasteiger partial charge in [-0.15, -0.1) is 0 Å². The molecule has 164 valence electrons. The minimum absolute atomic E-state index is 0.00289. The fourth-order valence-electron chi connectivity index (χ4n) is 3.45. The van der Waals surface area contributed by atoms with E-state index < -0.39 is 15.9 Å². The van der Waals surface area contributed by atoms with Crippen LogP contribution in [0.15, 0.2) is 23.2 Å². The Kier molecular flexibility index (Phi) is 7.35. The Balaban J connectivity index is 1.92. The molecule has 1 aliphatic heterocycles. The number of hydrogen-bond donors (Lipinski definition) is 0. The minimum Gasteiger partial charge on any atom is -0.336 e. The number of halogens is 3. The number of aryl methyl sites for hydroxylation is 1. The van der Waals surface area contributed by atoms with Crippen LogP contribution in [0.3, 0.4) is 0 Å². The molecule has 0 spiro atoms. The maximum Gasteiger partial charge on any atom is 0.255 e. The van der Waals surface area contributed by atoms with Gasteiger partial charge < -0.3 is 4.90 Å². The van der Waals surface area contributed by atoms with E-state index in [0.29, 0.717) is 30.4 Å². The summed E-state index contributed by atoms with van der Waals surface area (Å²) in [6.45, 7) is 3.58. The van der Waals surface area contributed by atoms with Crippen LogP contribution in [-0.4, -0.2) is 53.4 Å². The lowest BCUT2D eigenvalue weighted by Crippen LogP contribution is -2.36. The lowest BCUT2D eigenvalue weighted by atomic mass is 10.2. The second-order valence-electron chi connectivity index (χ2n) is 7.14. The standard InChI is InChI=1S/C19H23Cl3N4O3S/c1-3-26-17(16(22)11-23-26)12-24(2)19(27)13-9-18(15(21)10-14(13)20)30(28,29)25-7-5-4-6-8-25/h9-11H,3-8,12H2,1-2H3. The molecule has 7 nitrogen and oxygen atoms in total. The van der Waals surface area contributed by atoms with E-state index in [1.54, 1.807) is 11.7 Å². The molecule has 1 aliphatic rings. The van der Waals surface area contributed by atoms with E-state index in [2.05, 4.69) is 5.10 Å². The van der Waals surface area contributed by atoms with Gasteiger partial charge >= 0.3 is 0 Å². The van der Waals surface area contributed by atoms with Crippen molar-refractivity contribution in [2.24, 2.45) is 0 Å². The second kappa shape index (κ2) is 9.44. The van der Waals surface area contributed by atoms with Crippen LogP contribution in [0.4, 0.5) is 0 Å². The zero-order valence-electron chi connectivity index (χ0n) is 16.7. The summed E-state index contributed by atoms with van der Waals surface area (Å²) in [4.78, 5) is 14.4. The van der Waals surface area contributed by atoms with Crippen molar-refractivity contribution in [1.82, 2.24) is 19.0 Å². The first kappa shape index (κ1) is 23.3. The van der Waals surface area contributed by atoms with Crippen molar-refractivity contribution in [3.63, 3.8) is 0 Å². The van der Waals surface area contributed by atoms with E-state index in [1.807, 2.05) is 6.92 Å². The van der Waals surface area contributed by atoms with Crippen LogP contribution in [-0.2, 0) is 23.1 Å². The lowest BCUT2D eigenvalue weighted by Gasteiger charge is -2.26. The summed E-state index contributed by atoms with van der Waals surface area (Å²) in [5.41, 5.74) is 0.749. The van der Waals surface area contributed by atoms with Gasteiger partial charge in [-0.25, -0.2) is 8.42 Å². The molecule has 0 unspecified atom stereocenters. The smallest absolute Gasteiger partial charge is 0.255 e. The number of carbonyl (C=O) groups excluding carboxylic acids is 1. The van der Waals surface area contributed by atoms with Gasteiger partial charge in [0.2, 0.25) is 10.0 Å². The molecular weight excluding hydrogens is 471 g/mol. The number of hydrogen-bond acceptors (Lipinski definition) is 4. The first-order valence-electron chi connectivity index (χ1n) is 9.61. The molecule has 2 aromatic rings. The van der Waals surface area contributed by atoms with Crippen LogP contribution < -0.4 is 0 Å². The third kappa shape index (κ3) is 4.62. The molecule has 0 N–H and O–H groups in total. The Morgan fingerprint density at radius 3 is 2.40 bits per heavy atom.